The van der Waals surface area contributed by atoms with Crippen molar-refractivity contribution in [2.45, 2.75) is 19.8 Å². The number of amides is 1. The Bertz CT molecular complexity index is 276. The van der Waals surface area contributed by atoms with E-state index in [2.05, 4.69) is 12.0 Å². The van der Waals surface area contributed by atoms with Gasteiger partial charge in [0.15, 0.2) is 0 Å². The van der Waals surface area contributed by atoms with Crippen molar-refractivity contribution in [1.82, 2.24) is 10.4 Å². The van der Waals surface area contributed by atoms with Gasteiger partial charge in [0.25, 0.3) is 0 Å². The first-order valence-corrected chi connectivity index (χ1v) is 4.98. The van der Waals surface area contributed by atoms with E-state index in [-0.39, 0.29) is 12.5 Å². The number of hydrogen-bond acceptors (Lipinski definition) is 4. The van der Waals surface area contributed by atoms with Gasteiger partial charge in [-0.25, -0.2) is 10.2 Å². The van der Waals surface area contributed by atoms with E-state index < -0.39 is 5.97 Å². The standard InChI is InChI=1S/C10H16N2O3/c1-8(2)10(14)15-7-5-11-12-6-3-4-9(12)13/h11H,1,3-7H2,2H3. The van der Waals surface area contributed by atoms with Crippen molar-refractivity contribution in [1.29, 1.82) is 0 Å². The smallest absolute Gasteiger partial charge is 0.333 e. The van der Waals surface area contributed by atoms with Gasteiger partial charge in [-0.05, 0) is 13.3 Å². The second-order valence-electron chi connectivity index (χ2n) is 3.47. The lowest BCUT2D eigenvalue weighted by molar-refractivity contribution is -0.139. The Morgan fingerprint density at radius 1 is 1.67 bits per heavy atom. The highest BCUT2D eigenvalue weighted by Gasteiger charge is 2.19. The van der Waals surface area contributed by atoms with E-state index >= 15 is 0 Å². The van der Waals surface area contributed by atoms with Crippen LogP contribution in [-0.4, -0.2) is 36.6 Å². The molecule has 0 spiro atoms. The van der Waals surface area contributed by atoms with Crippen molar-refractivity contribution >= 4 is 11.9 Å². The Morgan fingerprint density at radius 2 is 2.40 bits per heavy atom. The highest BCUT2D eigenvalue weighted by molar-refractivity contribution is 5.86. The highest BCUT2D eigenvalue weighted by Crippen LogP contribution is 2.05. The third-order valence-corrected chi connectivity index (χ3v) is 2.06. The molecule has 0 unspecified atom stereocenters. The Labute approximate surface area is 89.0 Å². The fourth-order valence-corrected chi connectivity index (χ4v) is 1.26. The van der Waals surface area contributed by atoms with E-state index in [1.807, 2.05) is 0 Å². The van der Waals surface area contributed by atoms with Gasteiger partial charge in [0, 0.05) is 25.1 Å². The minimum Gasteiger partial charge on any atom is -0.461 e. The zero-order valence-electron chi connectivity index (χ0n) is 8.91. The Morgan fingerprint density at radius 3 is 2.93 bits per heavy atom. The predicted octanol–water partition coefficient (Wildman–Crippen LogP) is 0.233. The predicted molar refractivity (Wildman–Crippen MR) is 54.7 cm³/mol. The van der Waals surface area contributed by atoms with E-state index in [0.29, 0.717) is 18.5 Å². The molecular weight excluding hydrogens is 196 g/mol. The third-order valence-electron chi connectivity index (χ3n) is 2.06. The lowest BCUT2D eigenvalue weighted by Gasteiger charge is -2.16. The Balaban J connectivity index is 2.09. The quantitative estimate of drug-likeness (QED) is 0.403. The van der Waals surface area contributed by atoms with E-state index in [0.717, 1.165) is 13.0 Å². The molecule has 1 fully saturated rings. The average molecular weight is 212 g/mol. The lowest BCUT2D eigenvalue weighted by Crippen LogP contribution is -2.40. The van der Waals surface area contributed by atoms with Crippen molar-refractivity contribution < 1.29 is 14.3 Å². The van der Waals surface area contributed by atoms with Gasteiger partial charge in [-0.1, -0.05) is 6.58 Å². The molecule has 15 heavy (non-hydrogen) atoms. The van der Waals surface area contributed by atoms with E-state index in [4.69, 9.17) is 4.74 Å². The first-order valence-electron chi connectivity index (χ1n) is 4.98. The molecule has 1 aliphatic rings. The minimum atomic E-state index is -0.399. The van der Waals surface area contributed by atoms with Crippen molar-refractivity contribution in [3.8, 4) is 0 Å². The molecule has 0 bridgehead atoms. The maximum Gasteiger partial charge on any atom is 0.333 e. The molecule has 1 aliphatic heterocycles. The van der Waals surface area contributed by atoms with Crippen LogP contribution < -0.4 is 5.43 Å². The second kappa shape index (κ2) is 5.50. The molecule has 84 valence electrons. The van der Waals surface area contributed by atoms with Crippen molar-refractivity contribution in [2.75, 3.05) is 19.7 Å². The summed E-state index contributed by atoms with van der Waals surface area (Å²) in [5, 5.41) is 1.56. The molecule has 1 saturated heterocycles. The molecule has 0 radical (unpaired) electrons. The van der Waals surface area contributed by atoms with Gasteiger partial charge in [0.05, 0.1) is 0 Å². The average Bonchev–Trinajstić information content (AvgIpc) is 2.58. The number of esters is 1. The van der Waals surface area contributed by atoms with Crippen LogP contribution in [0.15, 0.2) is 12.2 Å². The SMILES string of the molecule is C=C(C)C(=O)OCCNN1CCCC1=O. The van der Waals surface area contributed by atoms with Crippen LogP contribution in [0.3, 0.4) is 0 Å². The van der Waals surface area contributed by atoms with Gasteiger partial charge < -0.3 is 4.74 Å². The zero-order chi connectivity index (χ0) is 11.3. The molecule has 1 amide bonds. The van der Waals surface area contributed by atoms with E-state index in [9.17, 15) is 9.59 Å². The van der Waals surface area contributed by atoms with Crippen LogP contribution >= 0.6 is 0 Å². The first kappa shape index (κ1) is 11.7. The fourth-order valence-electron chi connectivity index (χ4n) is 1.26. The molecule has 0 aliphatic carbocycles. The molecule has 0 atom stereocenters. The topological polar surface area (TPSA) is 58.6 Å². The summed E-state index contributed by atoms with van der Waals surface area (Å²) < 4.78 is 4.86. The molecule has 1 heterocycles. The van der Waals surface area contributed by atoms with Gasteiger partial charge in [-0.3, -0.25) is 9.80 Å². The molecular formula is C10H16N2O3. The first-order chi connectivity index (χ1) is 7.11. The number of ether oxygens (including phenoxy) is 1. The summed E-state index contributed by atoms with van der Waals surface area (Å²) in [6, 6.07) is 0. The summed E-state index contributed by atoms with van der Waals surface area (Å²) in [7, 11) is 0. The molecule has 5 heteroatoms. The molecule has 0 aromatic carbocycles. The van der Waals surface area contributed by atoms with Crippen LogP contribution in [-0.2, 0) is 14.3 Å². The monoisotopic (exact) mass is 212 g/mol. The highest BCUT2D eigenvalue weighted by atomic mass is 16.5. The van der Waals surface area contributed by atoms with Crippen molar-refractivity contribution in [3.05, 3.63) is 12.2 Å². The number of rotatable bonds is 5. The molecule has 1 N–H and O–H groups in total. The maximum atomic E-state index is 11.2. The van der Waals surface area contributed by atoms with Crippen molar-refractivity contribution in [3.63, 3.8) is 0 Å². The van der Waals surface area contributed by atoms with Crippen LogP contribution in [0, 0.1) is 0 Å². The van der Waals surface area contributed by atoms with Crippen LogP contribution in [0.4, 0.5) is 0 Å². The number of carbonyl (C=O) groups is 2. The summed E-state index contributed by atoms with van der Waals surface area (Å²) in [6.45, 7) is 6.48. The summed E-state index contributed by atoms with van der Waals surface area (Å²) in [5.41, 5.74) is 3.28. The molecule has 0 saturated carbocycles. The van der Waals surface area contributed by atoms with Crippen molar-refractivity contribution in [2.24, 2.45) is 0 Å². The van der Waals surface area contributed by atoms with Crippen LogP contribution in [0.1, 0.15) is 19.8 Å². The number of nitrogens with zero attached hydrogens (tertiary/aromatic N) is 1. The Kier molecular flexibility index (Phi) is 4.30. The van der Waals surface area contributed by atoms with Gasteiger partial charge in [0.1, 0.15) is 6.61 Å². The lowest BCUT2D eigenvalue weighted by atomic mass is 10.4. The Hall–Kier alpha value is -1.36. The van der Waals surface area contributed by atoms with E-state index in [1.54, 1.807) is 11.9 Å². The molecule has 0 aromatic rings. The molecule has 1 rings (SSSR count). The summed E-state index contributed by atoms with van der Waals surface area (Å²) in [5.74, 6) is -0.300. The van der Waals surface area contributed by atoms with Gasteiger partial charge >= 0.3 is 5.97 Å². The van der Waals surface area contributed by atoms with Gasteiger partial charge in [0.2, 0.25) is 5.91 Å². The maximum absolute atomic E-state index is 11.2. The molecule has 5 nitrogen and oxygen atoms in total. The number of nitrogens with one attached hydrogen (secondary N) is 1. The number of hydrazine groups is 1. The summed E-state index contributed by atoms with van der Waals surface area (Å²) in [4.78, 5) is 22.1. The third kappa shape index (κ3) is 3.71. The summed E-state index contributed by atoms with van der Waals surface area (Å²) in [6.07, 6.45) is 1.48. The minimum absolute atomic E-state index is 0.0984. The van der Waals surface area contributed by atoms with E-state index in [1.165, 1.54) is 0 Å². The van der Waals surface area contributed by atoms with Crippen LogP contribution in [0.25, 0.3) is 0 Å². The largest absolute Gasteiger partial charge is 0.461 e. The van der Waals surface area contributed by atoms with Crippen LogP contribution in [0.5, 0.6) is 0 Å². The fraction of sp³-hybridized carbons (Fsp3) is 0.600. The molecule has 0 aromatic heterocycles. The number of hydrogen-bond donors (Lipinski definition) is 1. The normalized spacial score (nSPS) is 15.5. The zero-order valence-corrected chi connectivity index (χ0v) is 8.91. The number of carbonyl (C=O) groups excluding carboxylic acids is 2. The summed E-state index contributed by atoms with van der Waals surface area (Å²) >= 11 is 0. The van der Waals surface area contributed by atoms with Crippen LogP contribution in [0.2, 0.25) is 0 Å². The van der Waals surface area contributed by atoms with Gasteiger partial charge in [-0.15, -0.1) is 0 Å². The van der Waals surface area contributed by atoms with Gasteiger partial charge in [-0.2, -0.15) is 0 Å². The second-order valence-corrected chi connectivity index (χ2v) is 3.47.